The van der Waals surface area contributed by atoms with Crippen LogP contribution in [-0.4, -0.2) is 23.9 Å². The van der Waals surface area contributed by atoms with Crippen molar-refractivity contribution in [3.63, 3.8) is 0 Å². The van der Waals surface area contributed by atoms with E-state index in [0.717, 1.165) is 31.5 Å². The number of aromatic nitrogens is 2. The van der Waals surface area contributed by atoms with E-state index in [1.165, 1.54) is 5.57 Å². The zero-order valence-corrected chi connectivity index (χ0v) is 11.6. The summed E-state index contributed by atoms with van der Waals surface area (Å²) in [4.78, 5) is 0. The maximum absolute atomic E-state index is 5.02. The Morgan fingerprint density at radius 1 is 1.39 bits per heavy atom. The first-order chi connectivity index (χ1) is 8.71. The third kappa shape index (κ3) is 4.45. The van der Waals surface area contributed by atoms with Crippen molar-refractivity contribution in [1.29, 1.82) is 0 Å². The van der Waals surface area contributed by atoms with Crippen LogP contribution in [0.3, 0.4) is 0 Å². The van der Waals surface area contributed by atoms with Crippen LogP contribution in [0, 0.1) is 0 Å². The van der Waals surface area contributed by atoms with E-state index in [1.807, 2.05) is 12.1 Å². The summed E-state index contributed by atoms with van der Waals surface area (Å²) in [6.07, 6.45) is 2.99. The Balaban J connectivity index is 2.75. The van der Waals surface area contributed by atoms with E-state index in [2.05, 4.69) is 35.9 Å². The van der Waals surface area contributed by atoms with Gasteiger partial charge >= 0.3 is 0 Å². The lowest BCUT2D eigenvalue weighted by Crippen LogP contribution is -2.23. The van der Waals surface area contributed by atoms with Gasteiger partial charge in [0.25, 0.3) is 0 Å². The molecule has 0 bridgehead atoms. The summed E-state index contributed by atoms with van der Waals surface area (Å²) < 4.78 is 5.02. The largest absolute Gasteiger partial charge is 0.480 e. The Morgan fingerprint density at radius 2 is 2.17 bits per heavy atom. The van der Waals surface area contributed by atoms with Crippen molar-refractivity contribution in [2.24, 2.45) is 0 Å². The molecule has 1 aromatic rings. The molecule has 0 aromatic carbocycles. The van der Waals surface area contributed by atoms with Gasteiger partial charge in [-0.1, -0.05) is 26.0 Å². The molecule has 0 fully saturated rings. The first kappa shape index (κ1) is 14.6. The van der Waals surface area contributed by atoms with Crippen LogP contribution in [0.4, 0.5) is 0 Å². The van der Waals surface area contributed by atoms with Crippen molar-refractivity contribution in [1.82, 2.24) is 15.5 Å². The van der Waals surface area contributed by atoms with E-state index in [-0.39, 0.29) is 6.04 Å². The summed E-state index contributed by atoms with van der Waals surface area (Å²) >= 11 is 0. The lowest BCUT2D eigenvalue weighted by atomic mass is 10.0. The number of nitrogens with zero attached hydrogens (tertiary/aromatic N) is 2. The molecule has 1 atom stereocenters. The van der Waals surface area contributed by atoms with E-state index >= 15 is 0 Å². The van der Waals surface area contributed by atoms with Crippen LogP contribution in [0.5, 0.6) is 5.88 Å². The van der Waals surface area contributed by atoms with Crippen molar-refractivity contribution in [3.05, 3.63) is 30.0 Å². The van der Waals surface area contributed by atoms with Gasteiger partial charge in [-0.15, -0.1) is 5.10 Å². The Morgan fingerprint density at radius 3 is 2.67 bits per heavy atom. The molecule has 0 saturated heterocycles. The third-order valence-electron chi connectivity index (χ3n) is 2.86. The molecule has 100 valence electrons. The average Bonchev–Trinajstić information content (AvgIpc) is 2.43. The van der Waals surface area contributed by atoms with Gasteiger partial charge in [0.2, 0.25) is 5.88 Å². The number of methoxy groups -OCH3 is 1. The summed E-state index contributed by atoms with van der Waals surface area (Å²) in [5.74, 6) is 0.544. The predicted molar refractivity (Wildman–Crippen MR) is 73.7 cm³/mol. The molecule has 0 spiro atoms. The zero-order chi connectivity index (χ0) is 13.4. The monoisotopic (exact) mass is 249 g/mol. The van der Waals surface area contributed by atoms with Gasteiger partial charge in [-0.25, -0.2) is 0 Å². The lowest BCUT2D eigenvalue weighted by Gasteiger charge is -2.18. The highest BCUT2D eigenvalue weighted by Crippen LogP contribution is 2.20. The van der Waals surface area contributed by atoms with Crippen LogP contribution < -0.4 is 10.1 Å². The van der Waals surface area contributed by atoms with Crippen molar-refractivity contribution in [2.45, 2.75) is 39.2 Å². The van der Waals surface area contributed by atoms with Gasteiger partial charge in [-0.3, -0.25) is 0 Å². The molecule has 0 aliphatic heterocycles. The first-order valence-electron chi connectivity index (χ1n) is 6.48. The summed E-state index contributed by atoms with van der Waals surface area (Å²) in [6.45, 7) is 9.31. The van der Waals surface area contributed by atoms with Crippen molar-refractivity contribution < 1.29 is 4.74 Å². The second-order valence-corrected chi connectivity index (χ2v) is 4.31. The van der Waals surface area contributed by atoms with Crippen LogP contribution >= 0.6 is 0 Å². The third-order valence-corrected chi connectivity index (χ3v) is 2.86. The van der Waals surface area contributed by atoms with Gasteiger partial charge in [0.05, 0.1) is 18.8 Å². The smallest absolute Gasteiger partial charge is 0.233 e. The van der Waals surface area contributed by atoms with Crippen LogP contribution in [0.15, 0.2) is 24.3 Å². The maximum atomic E-state index is 5.02. The normalized spacial score (nSPS) is 12.2. The number of ether oxygens (including phenoxy) is 1. The van der Waals surface area contributed by atoms with E-state index < -0.39 is 0 Å². The molecule has 0 amide bonds. The average molecular weight is 249 g/mol. The number of hydrogen-bond acceptors (Lipinski definition) is 4. The molecule has 0 aliphatic carbocycles. The molecule has 0 saturated carbocycles. The second-order valence-electron chi connectivity index (χ2n) is 4.31. The molecule has 4 nitrogen and oxygen atoms in total. The molecule has 1 unspecified atom stereocenters. The van der Waals surface area contributed by atoms with Gasteiger partial charge in [0.15, 0.2) is 0 Å². The van der Waals surface area contributed by atoms with Gasteiger partial charge < -0.3 is 10.1 Å². The fourth-order valence-electron chi connectivity index (χ4n) is 1.66. The van der Waals surface area contributed by atoms with Crippen LogP contribution in [0.1, 0.15) is 44.8 Å². The Hall–Kier alpha value is -1.42. The SMILES string of the molecule is C=C(CC)CC(NCCC)c1ccc(OC)nn1. The molecule has 1 rings (SSSR count). The minimum Gasteiger partial charge on any atom is -0.480 e. The molecular weight excluding hydrogens is 226 g/mol. The fraction of sp³-hybridized carbons (Fsp3) is 0.571. The Kier molecular flexibility index (Phi) is 6.36. The topological polar surface area (TPSA) is 47.0 Å². The van der Waals surface area contributed by atoms with Crippen LogP contribution in [0.2, 0.25) is 0 Å². The highest BCUT2D eigenvalue weighted by atomic mass is 16.5. The predicted octanol–water partition coefficient (Wildman–Crippen LogP) is 2.88. The fourth-order valence-corrected chi connectivity index (χ4v) is 1.66. The van der Waals surface area contributed by atoms with Gasteiger partial charge in [0.1, 0.15) is 0 Å². The quantitative estimate of drug-likeness (QED) is 0.720. The zero-order valence-electron chi connectivity index (χ0n) is 11.6. The molecule has 1 heterocycles. The van der Waals surface area contributed by atoms with Gasteiger partial charge in [-0.2, -0.15) is 5.10 Å². The minimum atomic E-state index is 0.191. The van der Waals surface area contributed by atoms with Crippen LogP contribution in [-0.2, 0) is 0 Å². The lowest BCUT2D eigenvalue weighted by molar-refractivity contribution is 0.389. The number of hydrogen-bond donors (Lipinski definition) is 1. The van der Waals surface area contributed by atoms with E-state index in [0.29, 0.717) is 5.88 Å². The molecule has 1 aromatic heterocycles. The molecule has 0 radical (unpaired) electrons. The van der Waals surface area contributed by atoms with Gasteiger partial charge in [0, 0.05) is 6.07 Å². The molecular formula is C14H23N3O. The highest BCUT2D eigenvalue weighted by Gasteiger charge is 2.13. The maximum Gasteiger partial charge on any atom is 0.233 e. The molecule has 4 heteroatoms. The first-order valence-corrected chi connectivity index (χ1v) is 6.48. The number of rotatable bonds is 8. The highest BCUT2D eigenvalue weighted by molar-refractivity contribution is 5.16. The van der Waals surface area contributed by atoms with E-state index in [1.54, 1.807) is 7.11 Å². The molecule has 1 N–H and O–H groups in total. The summed E-state index contributed by atoms with van der Waals surface area (Å²) in [5, 5.41) is 11.7. The van der Waals surface area contributed by atoms with Gasteiger partial charge in [-0.05, 0) is 31.9 Å². The summed E-state index contributed by atoms with van der Waals surface area (Å²) in [5.41, 5.74) is 2.17. The Bertz CT molecular complexity index is 362. The van der Waals surface area contributed by atoms with Crippen molar-refractivity contribution in [3.8, 4) is 5.88 Å². The van der Waals surface area contributed by atoms with E-state index in [9.17, 15) is 0 Å². The van der Waals surface area contributed by atoms with E-state index in [4.69, 9.17) is 4.74 Å². The van der Waals surface area contributed by atoms with Crippen molar-refractivity contribution >= 4 is 0 Å². The summed E-state index contributed by atoms with van der Waals surface area (Å²) in [7, 11) is 1.59. The summed E-state index contributed by atoms with van der Waals surface area (Å²) in [6, 6.07) is 4.00. The molecule has 0 aliphatic rings. The number of nitrogens with one attached hydrogen (secondary N) is 1. The van der Waals surface area contributed by atoms with Crippen molar-refractivity contribution in [2.75, 3.05) is 13.7 Å². The standard InChI is InChI=1S/C14H23N3O/c1-5-9-15-13(10-11(3)6-2)12-7-8-14(18-4)17-16-12/h7-8,13,15H,3,5-6,9-10H2,1-2,4H3. The Labute approximate surface area is 109 Å². The minimum absolute atomic E-state index is 0.191. The molecule has 18 heavy (non-hydrogen) atoms. The second kappa shape index (κ2) is 7.82. The van der Waals surface area contributed by atoms with Crippen LogP contribution in [0.25, 0.3) is 0 Å².